The van der Waals surface area contributed by atoms with Crippen LogP contribution in [-0.2, 0) is 20.3 Å². The van der Waals surface area contributed by atoms with Crippen LogP contribution in [0.1, 0.15) is 0 Å². The second kappa shape index (κ2) is 6.39. The fourth-order valence-electron chi connectivity index (χ4n) is 1.72. The lowest BCUT2D eigenvalue weighted by atomic mass is 10.2. The van der Waals surface area contributed by atoms with Gasteiger partial charge in [0.1, 0.15) is 5.82 Å². The van der Waals surface area contributed by atoms with E-state index in [0.717, 1.165) is 0 Å². The van der Waals surface area contributed by atoms with Crippen molar-refractivity contribution in [2.75, 3.05) is 13.7 Å². The minimum absolute atomic E-state index is 0.0603. The lowest BCUT2D eigenvalue weighted by Gasteiger charge is -2.09. The second-order valence-corrected chi connectivity index (χ2v) is 7.39. The van der Waals surface area contributed by atoms with Crippen LogP contribution in [0.5, 0.6) is 0 Å². The van der Waals surface area contributed by atoms with Gasteiger partial charge in [-0.2, -0.15) is 0 Å². The van der Waals surface area contributed by atoms with Crippen molar-refractivity contribution < 1.29 is 17.5 Å². The predicted octanol–water partition coefficient (Wildman–Crippen LogP) is 2.42. The van der Waals surface area contributed by atoms with Crippen molar-refractivity contribution in [1.82, 2.24) is 14.8 Å². The molecule has 0 aliphatic rings. The summed E-state index contributed by atoms with van der Waals surface area (Å²) in [5.74, 6) is -0.493. The zero-order valence-electron chi connectivity index (χ0n) is 10.8. The third kappa shape index (κ3) is 3.60. The van der Waals surface area contributed by atoms with Crippen LogP contribution in [0.4, 0.5) is 4.39 Å². The molecule has 0 atom stereocenters. The van der Waals surface area contributed by atoms with E-state index in [0.29, 0.717) is 4.47 Å². The van der Waals surface area contributed by atoms with E-state index in [4.69, 9.17) is 15.4 Å². The van der Waals surface area contributed by atoms with Gasteiger partial charge in [0.2, 0.25) is 0 Å². The van der Waals surface area contributed by atoms with Crippen molar-refractivity contribution in [3.05, 3.63) is 28.5 Å². The van der Waals surface area contributed by atoms with Gasteiger partial charge in [0, 0.05) is 22.3 Å². The summed E-state index contributed by atoms with van der Waals surface area (Å²) in [4.78, 5) is 0. The van der Waals surface area contributed by atoms with Crippen LogP contribution in [-0.4, -0.2) is 36.9 Å². The summed E-state index contributed by atoms with van der Waals surface area (Å²) >= 11 is 3.22. The number of hydrogen-bond acceptors (Lipinski definition) is 5. The molecule has 0 saturated heterocycles. The predicted molar refractivity (Wildman–Crippen MR) is 78.0 cm³/mol. The SMILES string of the molecule is COCCn1c(-c2cc(Br)ccc2F)nnc1S(=O)(=O)Cl. The molecule has 1 aromatic carbocycles. The summed E-state index contributed by atoms with van der Waals surface area (Å²) in [6.07, 6.45) is 0. The van der Waals surface area contributed by atoms with Gasteiger partial charge in [0.25, 0.3) is 14.2 Å². The van der Waals surface area contributed by atoms with Crippen LogP contribution in [0.15, 0.2) is 27.8 Å². The molecule has 21 heavy (non-hydrogen) atoms. The number of rotatable bonds is 5. The van der Waals surface area contributed by atoms with Crippen molar-refractivity contribution in [3.8, 4) is 11.4 Å². The summed E-state index contributed by atoms with van der Waals surface area (Å²) in [6, 6.07) is 4.24. The molecule has 10 heteroatoms. The average Bonchev–Trinajstić information content (AvgIpc) is 2.82. The highest BCUT2D eigenvalue weighted by atomic mass is 79.9. The molecule has 0 radical (unpaired) electrons. The van der Waals surface area contributed by atoms with Gasteiger partial charge in [-0.25, -0.2) is 12.8 Å². The Kier molecular flexibility index (Phi) is 4.97. The number of aromatic nitrogens is 3. The maximum Gasteiger partial charge on any atom is 0.296 e. The van der Waals surface area contributed by atoms with E-state index < -0.39 is 20.0 Å². The third-order valence-electron chi connectivity index (χ3n) is 2.62. The van der Waals surface area contributed by atoms with E-state index in [-0.39, 0.29) is 24.5 Å². The summed E-state index contributed by atoms with van der Waals surface area (Å²) in [5.41, 5.74) is 0.111. The first-order valence-electron chi connectivity index (χ1n) is 5.67. The molecule has 0 bridgehead atoms. The first-order valence-corrected chi connectivity index (χ1v) is 8.77. The molecule has 0 amide bonds. The Morgan fingerprint density at radius 1 is 1.43 bits per heavy atom. The highest BCUT2D eigenvalue weighted by molar-refractivity contribution is 9.10. The van der Waals surface area contributed by atoms with Gasteiger partial charge in [0.15, 0.2) is 5.82 Å². The Labute approximate surface area is 133 Å². The third-order valence-corrected chi connectivity index (χ3v) is 4.27. The zero-order valence-corrected chi connectivity index (χ0v) is 13.9. The van der Waals surface area contributed by atoms with Gasteiger partial charge in [-0.1, -0.05) is 15.9 Å². The first kappa shape index (κ1) is 16.3. The van der Waals surface area contributed by atoms with Crippen LogP contribution in [0, 0.1) is 5.82 Å². The van der Waals surface area contributed by atoms with Crippen molar-refractivity contribution >= 4 is 35.7 Å². The Balaban J connectivity index is 2.63. The molecular weight excluding hydrogens is 389 g/mol. The quantitative estimate of drug-likeness (QED) is 0.723. The monoisotopic (exact) mass is 397 g/mol. The standard InChI is InChI=1S/C11H10BrClFN3O3S/c1-20-5-4-17-10(15-16-11(17)21(13,18)19)8-6-7(12)2-3-9(8)14/h2-3,6H,4-5H2,1H3. The molecule has 114 valence electrons. The Morgan fingerprint density at radius 2 is 2.14 bits per heavy atom. The van der Waals surface area contributed by atoms with Crippen molar-refractivity contribution in [1.29, 1.82) is 0 Å². The van der Waals surface area contributed by atoms with Gasteiger partial charge < -0.3 is 4.74 Å². The topological polar surface area (TPSA) is 74.1 Å². The number of nitrogens with zero attached hydrogens (tertiary/aromatic N) is 3. The van der Waals surface area contributed by atoms with E-state index in [1.54, 1.807) is 0 Å². The van der Waals surface area contributed by atoms with E-state index in [1.165, 1.54) is 29.9 Å². The zero-order chi connectivity index (χ0) is 15.6. The molecular formula is C11H10BrClFN3O3S. The maximum absolute atomic E-state index is 13.9. The molecule has 1 aromatic heterocycles. The number of benzene rings is 1. The van der Waals surface area contributed by atoms with E-state index >= 15 is 0 Å². The second-order valence-electron chi connectivity index (χ2n) is 4.01. The molecule has 0 aliphatic carbocycles. The Morgan fingerprint density at radius 3 is 2.76 bits per heavy atom. The Hall–Kier alpha value is -1.03. The molecule has 2 rings (SSSR count). The fourth-order valence-corrected chi connectivity index (χ4v) is 3.00. The van der Waals surface area contributed by atoms with Crippen molar-refractivity contribution in [3.63, 3.8) is 0 Å². The van der Waals surface area contributed by atoms with E-state index in [9.17, 15) is 12.8 Å². The average molecular weight is 399 g/mol. The van der Waals surface area contributed by atoms with Gasteiger partial charge in [-0.15, -0.1) is 10.2 Å². The molecule has 0 N–H and O–H groups in total. The highest BCUT2D eigenvalue weighted by Crippen LogP contribution is 2.27. The van der Waals surface area contributed by atoms with Crippen molar-refractivity contribution in [2.24, 2.45) is 0 Å². The number of hydrogen-bond donors (Lipinski definition) is 0. The van der Waals surface area contributed by atoms with Crippen LogP contribution >= 0.6 is 26.6 Å². The van der Waals surface area contributed by atoms with E-state index in [1.807, 2.05) is 0 Å². The molecule has 6 nitrogen and oxygen atoms in total. The van der Waals surface area contributed by atoms with Gasteiger partial charge in [0.05, 0.1) is 18.7 Å². The van der Waals surface area contributed by atoms with E-state index in [2.05, 4.69) is 26.1 Å². The minimum atomic E-state index is -4.10. The van der Waals surface area contributed by atoms with Crippen LogP contribution < -0.4 is 0 Å². The van der Waals surface area contributed by atoms with Gasteiger partial charge in [-0.05, 0) is 18.2 Å². The van der Waals surface area contributed by atoms with Crippen LogP contribution in [0.3, 0.4) is 0 Å². The summed E-state index contributed by atoms with van der Waals surface area (Å²) in [7, 11) is 2.67. The van der Waals surface area contributed by atoms with Crippen molar-refractivity contribution in [2.45, 2.75) is 11.7 Å². The summed E-state index contributed by atoms with van der Waals surface area (Å²) in [6.45, 7) is 0.312. The van der Waals surface area contributed by atoms with Crippen LogP contribution in [0.25, 0.3) is 11.4 Å². The minimum Gasteiger partial charge on any atom is -0.383 e. The number of ether oxygens (including phenoxy) is 1. The first-order chi connectivity index (χ1) is 9.84. The summed E-state index contributed by atoms with van der Waals surface area (Å²) in [5, 5.41) is 6.84. The molecule has 1 heterocycles. The lowest BCUT2D eigenvalue weighted by Crippen LogP contribution is -2.12. The largest absolute Gasteiger partial charge is 0.383 e. The molecule has 2 aromatic rings. The highest BCUT2D eigenvalue weighted by Gasteiger charge is 2.24. The molecule has 0 fully saturated rings. The molecule has 0 unspecified atom stereocenters. The molecule has 0 aliphatic heterocycles. The number of methoxy groups -OCH3 is 1. The number of halogens is 3. The molecule has 0 saturated carbocycles. The summed E-state index contributed by atoms with van der Waals surface area (Å²) < 4.78 is 43.7. The van der Waals surface area contributed by atoms with Crippen LogP contribution in [0.2, 0.25) is 0 Å². The maximum atomic E-state index is 13.9. The Bertz CT molecular complexity index is 766. The fraction of sp³-hybridized carbons (Fsp3) is 0.273. The lowest BCUT2D eigenvalue weighted by molar-refractivity contribution is 0.185. The van der Waals surface area contributed by atoms with Gasteiger partial charge in [-0.3, -0.25) is 4.57 Å². The normalized spacial score (nSPS) is 11.8. The van der Waals surface area contributed by atoms with Gasteiger partial charge >= 0.3 is 0 Å². The smallest absolute Gasteiger partial charge is 0.296 e. The molecule has 0 spiro atoms.